The molecule has 0 spiro atoms. The lowest BCUT2D eigenvalue weighted by Gasteiger charge is -2.29. The quantitative estimate of drug-likeness (QED) is 0.167. The third-order valence-electron chi connectivity index (χ3n) is 13.4. The lowest BCUT2D eigenvalue weighted by Crippen LogP contribution is -2.24. The maximum absolute atomic E-state index is 6.99. The first-order chi connectivity index (χ1) is 32.0. The SMILES string of the molecule is CC(C)(C)Oc1c(C2=CCCC=C2)cc(C(C)(C)C)cc1-c1ccc2oc3ccc(-c4cc(-n5c6ccccc6c6ccccc65)cc(-n5c6ccccc6c6ccccc65)c4)cc3c2c1. The Kier molecular flexibility index (Phi) is 9.09. The number of hydrogen-bond acceptors (Lipinski definition) is 2. The zero-order valence-corrected chi connectivity index (χ0v) is 38.4. The van der Waals surface area contributed by atoms with E-state index in [2.05, 4.69) is 233 Å². The van der Waals surface area contributed by atoms with E-state index >= 15 is 0 Å². The number of rotatable bonds is 6. The first-order valence-electron chi connectivity index (χ1n) is 23.3. The highest BCUT2D eigenvalue weighted by atomic mass is 16.5. The van der Waals surface area contributed by atoms with Crippen LogP contribution in [0.2, 0.25) is 0 Å². The third-order valence-corrected chi connectivity index (χ3v) is 13.4. The van der Waals surface area contributed by atoms with Crippen LogP contribution in [0.4, 0.5) is 0 Å². The van der Waals surface area contributed by atoms with E-state index < -0.39 is 5.60 Å². The smallest absolute Gasteiger partial charge is 0.135 e. The number of hydrogen-bond donors (Lipinski definition) is 0. The largest absolute Gasteiger partial charge is 0.487 e. The number of nitrogens with zero attached hydrogens (tertiary/aromatic N) is 2. The average Bonchev–Trinajstić information content (AvgIpc) is 3.98. The fourth-order valence-corrected chi connectivity index (χ4v) is 10.3. The van der Waals surface area contributed by atoms with Gasteiger partial charge in [-0.3, -0.25) is 0 Å². The van der Waals surface area contributed by atoms with Crippen molar-refractivity contribution in [1.29, 1.82) is 0 Å². The van der Waals surface area contributed by atoms with Gasteiger partial charge in [-0.2, -0.15) is 0 Å². The molecule has 0 bridgehead atoms. The number of fused-ring (bicyclic) bond motifs is 9. The Morgan fingerprint density at radius 2 is 0.939 bits per heavy atom. The molecule has 0 saturated heterocycles. The van der Waals surface area contributed by atoms with Gasteiger partial charge >= 0.3 is 0 Å². The monoisotopic (exact) mass is 856 g/mol. The molecule has 11 aromatic rings. The van der Waals surface area contributed by atoms with E-state index in [1.807, 2.05) is 0 Å². The topological polar surface area (TPSA) is 32.2 Å². The minimum atomic E-state index is -0.404. The Labute approximate surface area is 385 Å². The second kappa shape index (κ2) is 15.0. The van der Waals surface area contributed by atoms with E-state index in [0.717, 1.165) is 79.7 Å². The lowest BCUT2D eigenvalue weighted by atomic mass is 9.82. The van der Waals surface area contributed by atoms with Gasteiger partial charge in [0.2, 0.25) is 0 Å². The summed E-state index contributed by atoms with van der Waals surface area (Å²) in [5.74, 6) is 0.917. The maximum Gasteiger partial charge on any atom is 0.135 e. The highest BCUT2D eigenvalue weighted by molar-refractivity contribution is 6.11. The summed E-state index contributed by atoms with van der Waals surface area (Å²) in [6, 6.07) is 60.1. The van der Waals surface area contributed by atoms with E-state index in [-0.39, 0.29) is 5.41 Å². The van der Waals surface area contributed by atoms with Gasteiger partial charge in [-0.15, -0.1) is 0 Å². The molecule has 4 heteroatoms. The van der Waals surface area contributed by atoms with E-state index in [4.69, 9.17) is 9.15 Å². The molecule has 1 aliphatic rings. The maximum atomic E-state index is 6.99. The highest BCUT2D eigenvalue weighted by Gasteiger charge is 2.26. The summed E-state index contributed by atoms with van der Waals surface area (Å²) in [7, 11) is 0. The lowest BCUT2D eigenvalue weighted by molar-refractivity contribution is 0.131. The van der Waals surface area contributed by atoms with Gasteiger partial charge in [0.15, 0.2) is 0 Å². The van der Waals surface area contributed by atoms with Crippen LogP contribution in [0.1, 0.15) is 65.5 Å². The van der Waals surface area contributed by atoms with Gasteiger partial charge in [-0.05, 0) is 146 Å². The molecule has 3 aromatic heterocycles. The normalized spacial score (nSPS) is 13.5. The van der Waals surface area contributed by atoms with Crippen molar-refractivity contribution in [3.8, 4) is 39.4 Å². The molecule has 322 valence electrons. The molecule has 0 radical (unpaired) electrons. The predicted octanol–water partition coefficient (Wildman–Crippen LogP) is 17.3. The number of ether oxygens (including phenoxy) is 1. The Balaban J connectivity index is 1.09. The highest BCUT2D eigenvalue weighted by Crippen LogP contribution is 2.46. The Bertz CT molecular complexity index is 3580. The molecular weight excluding hydrogens is 805 g/mol. The first kappa shape index (κ1) is 40.0. The minimum absolute atomic E-state index is 0.0735. The van der Waals surface area contributed by atoms with Crippen LogP contribution in [0.5, 0.6) is 5.75 Å². The fourth-order valence-electron chi connectivity index (χ4n) is 10.3. The predicted molar refractivity (Wildman–Crippen MR) is 279 cm³/mol. The zero-order valence-electron chi connectivity index (χ0n) is 38.4. The van der Waals surface area contributed by atoms with Gasteiger partial charge < -0.3 is 18.3 Å². The Morgan fingerprint density at radius 3 is 1.42 bits per heavy atom. The summed E-state index contributed by atoms with van der Waals surface area (Å²) in [4.78, 5) is 0. The minimum Gasteiger partial charge on any atom is -0.487 e. The summed E-state index contributed by atoms with van der Waals surface area (Å²) in [5.41, 5.74) is 16.2. The van der Waals surface area contributed by atoms with Gasteiger partial charge in [-0.1, -0.05) is 124 Å². The molecule has 0 atom stereocenters. The molecular formula is C62H52N2O2. The van der Waals surface area contributed by atoms with Crippen LogP contribution < -0.4 is 4.74 Å². The summed E-state index contributed by atoms with van der Waals surface area (Å²) >= 11 is 0. The number of benzene rings is 8. The molecule has 0 unspecified atom stereocenters. The van der Waals surface area contributed by atoms with Gasteiger partial charge in [-0.25, -0.2) is 0 Å². The Hall–Kier alpha value is -7.56. The second-order valence-electron chi connectivity index (χ2n) is 20.0. The summed E-state index contributed by atoms with van der Waals surface area (Å²) in [6.07, 6.45) is 8.99. The molecule has 3 heterocycles. The average molecular weight is 857 g/mol. The summed E-state index contributed by atoms with van der Waals surface area (Å²) in [5, 5.41) is 7.11. The van der Waals surface area contributed by atoms with Crippen LogP contribution in [0.15, 0.2) is 186 Å². The van der Waals surface area contributed by atoms with Crippen LogP contribution in [-0.2, 0) is 5.41 Å². The number of furan rings is 1. The molecule has 1 aliphatic carbocycles. The number of aromatic nitrogens is 2. The zero-order chi connectivity index (χ0) is 44.9. The van der Waals surface area contributed by atoms with Gasteiger partial charge in [0.25, 0.3) is 0 Å². The molecule has 0 fully saturated rings. The van der Waals surface area contributed by atoms with E-state index in [0.29, 0.717) is 0 Å². The molecule has 0 aliphatic heterocycles. The molecule has 12 rings (SSSR count). The molecule has 66 heavy (non-hydrogen) atoms. The molecule has 4 nitrogen and oxygen atoms in total. The van der Waals surface area contributed by atoms with Crippen molar-refractivity contribution in [3.05, 3.63) is 193 Å². The second-order valence-corrected chi connectivity index (χ2v) is 20.0. The fraction of sp³-hybridized carbons (Fsp3) is 0.161. The first-order valence-corrected chi connectivity index (χ1v) is 23.3. The van der Waals surface area contributed by atoms with Crippen LogP contribution in [-0.4, -0.2) is 14.7 Å². The van der Waals surface area contributed by atoms with Crippen molar-refractivity contribution in [2.75, 3.05) is 0 Å². The molecule has 0 saturated carbocycles. The van der Waals surface area contributed by atoms with Crippen molar-refractivity contribution in [2.24, 2.45) is 0 Å². The van der Waals surface area contributed by atoms with Gasteiger partial charge in [0.1, 0.15) is 22.5 Å². The van der Waals surface area contributed by atoms with Crippen molar-refractivity contribution < 1.29 is 9.15 Å². The standard InChI is InChI=1S/C62H52N2O2/c1-61(2,3)43-36-50(39-18-8-7-9-19-39)60(66-62(4,5)6)51(37-43)41-29-31-59-53(35-41)52-34-40(28-30-58(52)65-59)42-32-44(63-54-24-14-10-20-46(54)47-21-11-15-25-55(47)63)38-45(33-42)64-56-26-16-12-22-48(56)49-23-13-17-27-57(49)64/h8,10-38H,7,9H2,1-6H3. The van der Waals surface area contributed by atoms with E-state index in [1.165, 1.54) is 54.7 Å². The van der Waals surface area contributed by atoms with Crippen LogP contribution in [0.25, 0.3) is 105 Å². The molecule has 0 N–H and O–H groups in total. The van der Waals surface area contributed by atoms with Crippen LogP contribution in [0, 0.1) is 0 Å². The number of allylic oxidation sites excluding steroid dienone is 4. The van der Waals surface area contributed by atoms with Crippen molar-refractivity contribution in [3.63, 3.8) is 0 Å². The van der Waals surface area contributed by atoms with Crippen molar-refractivity contribution in [1.82, 2.24) is 9.13 Å². The Morgan fingerprint density at radius 1 is 0.455 bits per heavy atom. The molecule has 0 amide bonds. The number of para-hydroxylation sites is 4. The van der Waals surface area contributed by atoms with Crippen molar-refractivity contribution >= 4 is 71.1 Å². The summed E-state index contributed by atoms with van der Waals surface area (Å²) in [6.45, 7) is 13.3. The van der Waals surface area contributed by atoms with Crippen LogP contribution in [0.3, 0.4) is 0 Å². The van der Waals surface area contributed by atoms with Gasteiger partial charge in [0, 0.05) is 54.8 Å². The third kappa shape index (κ3) is 6.66. The van der Waals surface area contributed by atoms with Gasteiger partial charge in [0.05, 0.1) is 22.1 Å². The van der Waals surface area contributed by atoms with Crippen molar-refractivity contribution in [2.45, 2.75) is 65.4 Å². The van der Waals surface area contributed by atoms with E-state index in [1.54, 1.807) is 0 Å². The van der Waals surface area contributed by atoms with E-state index in [9.17, 15) is 0 Å². The molecule has 8 aromatic carbocycles. The summed E-state index contributed by atoms with van der Waals surface area (Å²) < 4.78 is 18.5. The van der Waals surface area contributed by atoms with Crippen LogP contribution >= 0.6 is 0 Å².